The second-order valence-electron chi connectivity index (χ2n) is 4.98. The van der Waals surface area contributed by atoms with E-state index in [-0.39, 0.29) is 11.6 Å². The molecule has 20 heavy (non-hydrogen) atoms. The van der Waals surface area contributed by atoms with Crippen LogP contribution in [0.2, 0.25) is 0 Å². The first kappa shape index (κ1) is 11.6. The molecule has 0 spiro atoms. The highest BCUT2D eigenvalue weighted by Crippen LogP contribution is 2.36. The fourth-order valence-corrected chi connectivity index (χ4v) is 3.82. The van der Waals surface area contributed by atoms with Gasteiger partial charge >= 0.3 is 0 Å². The van der Waals surface area contributed by atoms with Crippen molar-refractivity contribution in [2.24, 2.45) is 0 Å². The number of fused-ring (bicyclic) bond motifs is 4. The summed E-state index contributed by atoms with van der Waals surface area (Å²) in [6.07, 6.45) is 0. The molecule has 1 aliphatic rings. The fraction of sp³-hybridized carbons (Fsp3) is 0.0588. The Hall–Kier alpha value is -2.26. The van der Waals surface area contributed by atoms with E-state index in [0.717, 1.165) is 15.6 Å². The van der Waals surface area contributed by atoms with E-state index in [1.165, 1.54) is 0 Å². The zero-order chi connectivity index (χ0) is 13.9. The SMILES string of the molecule is Cc1csc2ccc3c(c12)C(=O)c1ccccc1C3=O. The molecule has 0 fully saturated rings. The normalized spacial score (nSPS) is 13.4. The molecule has 3 aromatic rings. The van der Waals surface area contributed by atoms with Gasteiger partial charge < -0.3 is 0 Å². The number of rotatable bonds is 0. The molecule has 0 aliphatic heterocycles. The highest BCUT2D eigenvalue weighted by Gasteiger charge is 2.31. The number of carbonyl (C=O) groups excluding carboxylic acids is 2. The maximum absolute atomic E-state index is 12.8. The van der Waals surface area contributed by atoms with Crippen LogP contribution in [0.1, 0.15) is 37.4 Å². The van der Waals surface area contributed by atoms with Crippen molar-refractivity contribution in [3.63, 3.8) is 0 Å². The lowest BCUT2D eigenvalue weighted by Gasteiger charge is -2.18. The Morgan fingerprint density at radius 1 is 0.850 bits per heavy atom. The first-order valence-electron chi connectivity index (χ1n) is 6.37. The molecule has 0 radical (unpaired) electrons. The lowest BCUT2D eigenvalue weighted by Crippen LogP contribution is -2.21. The van der Waals surface area contributed by atoms with Crippen molar-refractivity contribution in [3.05, 3.63) is 69.6 Å². The minimum Gasteiger partial charge on any atom is -0.289 e. The Labute approximate surface area is 119 Å². The van der Waals surface area contributed by atoms with Crippen molar-refractivity contribution in [1.29, 1.82) is 0 Å². The first-order valence-corrected chi connectivity index (χ1v) is 7.25. The molecule has 2 nitrogen and oxygen atoms in total. The van der Waals surface area contributed by atoms with Gasteiger partial charge in [0.25, 0.3) is 0 Å². The topological polar surface area (TPSA) is 34.1 Å². The molecule has 1 aromatic heterocycles. The van der Waals surface area contributed by atoms with E-state index in [1.807, 2.05) is 18.4 Å². The lowest BCUT2D eigenvalue weighted by molar-refractivity contribution is 0.0980. The molecule has 0 saturated heterocycles. The molecule has 0 amide bonds. The third kappa shape index (κ3) is 1.33. The molecule has 0 atom stereocenters. The highest BCUT2D eigenvalue weighted by molar-refractivity contribution is 7.17. The van der Waals surface area contributed by atoms with Crippen LogP contribution in [0.25, 0.3) is 10.1 Å². The van der Waals surface area contributed by atoms with E-state index < -0.39 is 0 Å². The molecule has 3 heteroatoms. The number of carbonyl (C=O) groups is 2. The van der Waals surface area contributed by atoms with Crippen LogP contribution in [0.5, 0.6) is 0 Å². The molecule has 2 aromatic carbocycles. The minimum absolute atomic E-state index is 0.0395. The predicted octanol–water partition coefficient (Wildman–Crippen LogP) is 3.99. The lowest BCUT2D eigenvalue weighted by atomic mass is 9.82. The van der Waals surface area contributed by atoms with Crippen LogP contribution < -0.4 is 0 Å². The average molecular weight is 278 g/mol. The quantitative estimate of drug-likeness (QED) is 0.487. The standard InChI is InChI=1S/C17H10O2S/c1-9-8-20-13-7-6-12-15(14(9)13)17(19)11-5-3-2-4-10(11)16(12)18/h2-8H,1H3. The van der Waals surface area contributed by atoms with E-state index >= 15 is 0 Å². The van der Waals surface area contributed by atoms with Gasteiger partial charge in [-0.3, -0.25) is 9.59 Å². The Balaban J connectivity index is 2.16. The van der Waals surface area contributed by atoms with Crippen LogP contribution in [-0.4, -0.2) is 11.6 Å². The Bertz CT molecular complexity index is 902. The van der Waals surface area contributed by atoms with Gasteiger partial charge in [-0.15, -0.1) is 11.3 Å². The van der Waals surface area contributed by atoms with Gasteiger partial charge in [-0.1, -0.05) is 24.3 Å². The Kier molecular flexibility index (Phi) is 2.24. The highest BCUT2D eigenvalue weighted by atomic mass is 32.1. The van der Waals surface area contributed by atoms with Gasteiger partial charge in [0, 0.05) is 32.3 Å². The second-order valence-corrected chi connectivity index (χ2v) is 5.90. The van der Waals surface area contributed by atoms with Gasteiger partial charge in [0.2, 0.25) is 0 Å². The molecule has 0 unspecified atom stereocenters. The molecule has 4 rings (SSSR count). The maximum atomic E-state index is 12.8. The molecule has 96 valence electrons. The van der Waals surface area contributed by atoms with Gasteiger partial charge in [0.15, 0.2) is 11.6 Å². The van der Waals surface area contributed by atoms with Gasteiger partial charge in [-0.05, 0) is 30.0 Å². The van der Waals surface area contributed by atoms with Crippen molar-refractivity contribution in [2.45, 2.75) is 6.92 Å². The van der Waals surface area contributed by atoms with Crippen LogP contribution >= 0.6 is 11.3 Å². The maximum Gasteiger partial charge on any atom is 0.195 e. The fourth-order valence-electron chi connectivity index (χ4n) is 2.87. The van der Waals surface area contributed by atoms with Gasteiger partial charge in [-0.25, -0.2) is 0 Å². The van der Waals surface area contributed by atoms with Crippen molar-refractivity contribution in [1.82, 2.24) is 0 Å². The second kappa shape index (κ2) is 3.87. The Morgan fingerprint density at radius 3 is 2.30 bits per heavy atom. The number of aryl methyl sites for hydroxylation is 1. The minimum atomic E-state index is -0.0531. The summed E-state index contributed by atoms with van der Waals surface area (Å²) in [5.74, 6) is -0.0926. The van der Waals surface area contributed by atoms with Gasteiger partial charge in [0.1, 0.15) is 0 Å². The van der Waals surface area contributed by atoms with Crippen molar-refractivity contribution in [2.75, 3.05) is 0 Å². The monoisotopic (exact) mass is 278 g/mol. The summed E-state index contributed by atoms with van der Waals surface area (Å²) < 4.78 is 1.06. The zero-order valence-electron chi connectivity index (χ0n) is 10.8. The largest absolute Gasteiger partial charge is 0.289 e. The number of ketones is 2. The molecular weight excluding hydrogens is 268 g/mol. The predicted molar refractivity (Wildman–Crippen MR) is 79.9 cm³/mol. The molecule has 1 aliphatic carbocycles. The third-order valence-corrected chi connectivity index (χ3v) is 4.88. The number of benzene rings is 2. The summed E-state index contributed by atoms with van der Waals surface area (Å²) in [6.45, 7) is 1.98. The summed E-state index contributed by atoms with van der Waals surface area (Å²) in [6, 6.07) is 10.8. The summed E-state index contributed by atoms with van der Waals surface area (Å²) in [4.78, 5) is 25.4. The first-order chi connectivity index (χ1) is 9.68. The Morgan fingerprint density at radius 2 is 1.55 bits per heavy atom. The van der Waals surface area contributed by atoms with E-state index in [2.05, 4.69) is 0 Å². The van der Waals surface area contributed by atoms with Crippen LogP contribution in [0.3, 0.4) is 0 Å². The summed E-state index contributed by atoms with van der Waals surface area (Å²) in [5.41, 5.74) is 3.19. The van der Waals surface area contributed by atoms with Crippen LogP contribution in [0.15, 0.2) is 41.8 Å². The summed E-state index contributed by atoms with van der Waals surface area (Å²) in [5, 5.41) is 2.96. The zero-order valence-corrected chi connectivity index (χ0v) is 11.6. The number of hydrogen-bond acceptors (Lipinski definition) is 3. The smallest absolute Gasteiger partial charge is 0.195 e. The molecule has 0 saturated carbocycles. The van der Waals surface area contributed by atoms with E-state index in [9.17, 15) is 9.59 Å². The van der Waals surface area contributed by atoms with Crippen molar-refractivity contribution in [3.8, 4) is 0 Å². The van der Waals surface area contributed by atoms with Crippen LogP contribution in [-0.2, 0) is 0 Å². The van der Waals surface area contributed by atoms with E-state index in [1.54, 1.807) is 41.7 Å². The summed E-state index contributed by atoms with van der Waals surface area (Å²) in [7, 11) is 0. The summed E-state index contributed by atoms with van der Waals surface area (Å²) >= 11 is 1.61. The number of thiophene rings is 1. The van der Waals surface area contributed by atoms with E-state index in [4.69, 9.17) is 0 Å². The molecule has 0 N–H and O–H groups in total. The third-order valence-electron chi connectivity index (χ3n) is 3.81. The average Bonchev–Trinajstić information content (AvgIpc) is 2.86. The van der Waals surface area contributed by atoms with E-state index in [0.29, 0.717) is 22.3 Å². The van der Waals surface area contributed by atoms with Crippen LogP contribution in [0.4, 0.5) is 0 Å². The van der Waals surface area contributed by atoms with Crippen LogP contribution in [0, 0.1) is 6.92 Å². The van der Waals surface area contributed by atoms with Gasteiger partial charge in [-0.2, -0.15) is 0 Å². The number of hydrogen-bond donors (Lipinski definition) is 0. The molecule has 0 bridgehead atoms. The molecule has 1 heterocycles. The van der Waals surface area contributed by atoms with Gasteiger partial charge in [0.05, 0.1) is 0 Å². The molecular formula is C17H10O2S. The van der Waals surface area contributed by atoms with Crippen molar-refractivity contribution < 1.29 is 9.59 Å². The van der Waals surface area contributed by atoms with Crippen molar-refractivity contribution >= 4 is 33.0 Å².